The molecule has 44 heavy (non-hydrogen) atoms. The minimum Gasteiger partial charge on any atom is -0.461 e. The van der Waals surface area contributed by atoms with Crippen LogP contribution >= 0.6 is 0 Å². The molecule has 7 nitrogen and oxygen atoms in total. The number of ether oxygens (including phenoxy) is 1. The molecule has 4 aromatic rings. The molecule has 5 rings (SSSR count). The lowest BCUT2D eigenvalue weighted by Gasteiger charge is -2.39. The van der Waals surface area contributed by atoms with E-state index in [-0.39, 0.29) is 24.7 Å². The Morgan fingerprint density at radius 3 is 1.77 bits per heavy atom. The number of aromatic nitrogens is 2. The summed E-state index contributed by atoms with van der Waals surface area (Å²) in [7, 11) is 0. The number of benzene rings is 2. The van der Waals surface area contributed by atoms with Crippen molar-refractivity contribution in [1.82, 2.24) is 25.1 Å². The summed E-state index contributed by atoms with van der Waals surface area (Å²) in [5, 5.41) is 3.35. The first-order chi connectivity index (χ1) is 21.7. The van der Waals surface area contributed by atoms with Gasteiger partial charge in [-0.3, -0.25) is 29.9 Å². The summed E-state index contributed by atoms with van der Waals surface area (Å²) in [5.41, 5.74) is 5.08. The van der Waals surface area contributed by atoms with Crippen LogP contribution in [0.3, 0.4) is 0 Å². The maximum atomic E-state index is 12.9. The first-order valence-electron chi connectivity index (χ1n) is 16.0. The van der Waals surface area contributed by atoms with Gasteiger partial charge in [-0.1, -0.05) is 72.8 Å². The van der Waals surface area contributed by atoms with Crippen LogP contribution in [0.25, 0.3) is 0 Å². The minimum absolute atomic E-state index is 0.0888. The third-order valence-electron chi connectivity index (χ3n) is 8.33. The highest BCUT2D eigenvalue weighted by Crippen LogP contribution is 2.29. The fraction of sp³-hybridized carbons (Fsp3) is 0.378. The van der Waals surface area contributed by atoms with Crippen LogP contribution in [-0.4, -0.2) is 71.2 Å². The van der Waals surface area contributed by atoms with Crippen molar-refractivity contribution in [1.29, 1.82) is 0 Å². The summed E-state index contributed by atoms with van der Waals surface area (Å²) in [6, 6.07) is 29.9. The quantitative estimate of drug-likeness (QED) is 0.168. The number of aryl methyl sites for hydroxylation is 2. The largest absolute Gasteiger partial charge is 0.461 e. The van der Waals surface area contributed by atoms with Gasteiger partial charge in [0.1, 0.15) is 6.10 Å². The van der Waals surface area contributed by atoms with Gasteiger partial charge in [-0.15, -0.1) is 0 Å². The van der Waals surface area contributed by atoms with E-state index in [0.29, 0.717) is 6.67 Å². The van der Waals surface area contributed by atoms with Crippen LogP contribution < -0.4 is 5.32 Å². The summed E-state index contributed by atoms with van der Waals surface area (Å²) in [5.74, 6) is -0.176. The number of piperazine rings is 1. The van der Waals surface area contributed by atoms with Gasteiger partial charge < -0.3 is 4.74 Å². The van der Waals surface area contributed by atoms with Crippen molar-refractivity contribution in [3.8, 4) is 0 Å². The summed E-state index contributed by atoms with van der Waals surface area (Å²) in [6.07, 6.45) is 12.8. The summed E-state index contributed by atoms with van der Waals surface area (Å²) in [6.45, 7) is 4.73. The standard InChI is InChI=1S/C37H45N5O2/c43-36(44-35(19-7-11-31-13-9-21-38-27-31)20-8-12-32-14-10-22-39-28-32)29-40-30-41-23-25-42(26-24-41)37(33-15-3-1-4-16-33)34-17-5-2-6-18-34/h1-6,9-10,13-18,21-22,27-28,35,37,40H,7-8,11-12,19-20,23-26,29-30H2. The molecule has 0 bridgehead atoms. The van der Waals surface area contributed by atoms with Crippen molar-refractivity contribution in [2.45, 2.75) is 50.7 Å². The monoisotopic (exact) mass is 591 g/mol. The molecule has 1 fully saturated rings. The highest BCUT2D eigenvalue weighted by atomic mass is 16.5. The lowest BCUT2D eigenvalue weighted by molar-refractivity contribution is -0.148. The second-order valence-corrected chi connectivity index (χ2v) is 11.6. The summed E-state index contributed by atoms with van der Waals surface area (Å²) < 4.78 is 6.00. The van der Waals surface area contributed by atoms with E-state index < -0.39 is 0 Å². The van der Waals surface area contributed by atoms with Crippen LogP contribution in [0.4, 0.5) is 0 Å². The Balaban J connectivity index is 1.06. The van der Waals surface area contributed by atoms with Crippen LogP contribution in [0.1, 0.15) is 54.0 Å². The third kappa shape index (κ3) is 10.1. The van der Waals surface area contributed by atoms with Crippen molar-refractivity contribution < 1.29 is 9.53 Å². The highest BCUT2D eigenvalue weighted by Gasteiger charge is 2.26. The molecule has 0 unspecified atom stereocenters. The SMILES string of the molecule is O=C(CNCN1CCN(C(c2ccccc2)c2ccccc2)CC1)OC(CCCc1cccnc1)CCCc1cccnc1. The Kier molecular flexibility index (Phi) is 12.5. The van der Waals surface area contributed by atoms with Gasteiger partial charge in [-0.05, 0) is 72.9 Å². The molecule has 0 spiro atoms. The van der Waals surface area contributed by atoms with Gasteiger partial charge in [-0.25, -0.2) is 0 Å². The molecule has 0 atom stereocenters. The molecule has 1 aliphatic heterocycles. The summed E-state index contributed by atoms with van der Waals surface area (Å²) in [4.78, 5) is 26.3. The Morgan fingerprint density at radius 1 is 0.727 bits per heavy atom. The van der Waals surface area contributed by atoms with Crippen molar-refractivity contribution in [3.05, 3.63) is 132 Å². The predicted octanol–water partition coefficient (Wildman–Crippen LogP) is 5.69. The molecule has 0 saturated carbocycles. The molecule has 230 valence electrons. The maximum Gasteiger partial charge on any atom is 0.320 e. The Hall–Kier alpha value is -3.91. The smallest absolute Gasteiger partial charge is 0.320 e. The van der Waals surface area contributed by atoms with E-state index in [1.54, 1.807) is 12.4 Å². The average molecular weight is 592 g/mol. The molecule has 1 aliphatic rings. The zero-order chi connectivity index (χ0) is 30.2. The third-order valence-corrected chi connectivity index (χ3v) is 8.33. The average Bonchev–Trinajstić information content (AvgIpc) is 3.07. The van der Waals surface area contributed by atoms with E-state index in [4.69, 9.17) is 4.74 Å². The number of hydrogen-bond donors (Lipinski definition) is 1. The van der Waals surface area contributed by atoms with Gasteiger partial charge >= 0.3 is 5.97 Å². The van der Waals surface area contributed by atoms with Gasteiger partial charge in [-0.2, -0.15) is 0 Å². The fourth-order valence-corrected chi connectivity index (χ4v) is 6.03. The lowest BCUT2D eigenvalue weighted by atomic mass is 9.96. The van der Waals surface area contributed by atoms with E-state index in [9.17, 15) is 4.79 Å². The molecule has 1 saturated heterocycles. The fourth-order valence-electron chi connectivity index (χ4n) is 6.03. The number of hydrogen-bond acceptors (Lipinski definition) is 7. The van der Waals surface area contributed by atoms with Crippen LogP contribution in [0.5, 0.6) is 0 Å². The number of nitrogens with one attached hydrogen (secondary N) is 1. The van der Waals surface area contributed by atoms with Gasteiger partial charge in [0.15, 0.2) is 0 Å². The Labute approximate surface area is 262 Å². The topological polar surface area (TPSA) is 70.6 Å². The number of carbonyl (C=O) groups is 1. The Morgan fingerprint density at radius 2 is 1.27 bits per heavy atom. The van der Waals surface area contributed by atoms with Gasteiger partial charge in [0, 0.05) is 57.6 Å². The zero-order valence-corrected chi connectivity index (χ0v) is 25.6. The highest BCUT2D eigenvalue weighted by molar-refractivity contribution is 5.71. The van der Waals surface area contributed by atoms with Crippen molar-refractivity contribution in [2.24, 2.45) is 0 Å². The van der Waals surface area contributed by atoms with Crippen LogP contribution in [0.2, 0.25) is 0 Å². The van der Waals surface area contributed by atoms with E-state index in [0.717, 1.165) is 64.7 Å². The molecule has 7 heteroatoms. The maximum absolute atomic E-state index is 12.9. The first-order valence-corrected chi connectivity index (χ1v) is 16.0. The molecular formula is C37H45N5O2. The van der Waals surface area contributed by atoms with Gasteiger partial charge in [0.2, 0.25) is 0 Å². The van der Waals surface area contributed by atoms with E-state index >= 15 is 0 Å². The summed E-state index contributed by atoms with van der Waals surface area (Å²) >= 11 is 0. The first kappa shape index (κ1) is 31.5. The number of nitrogens with zero attached hydrogens (tertiary/aromatic N) is 4. The van der Waals surface area contributed by atoms with Crippen molar-refractivity contribution in [3.63, 3.8) is 0 Å². The second kappa shape index (κ2) is 17.4. The molecule has 2 aromatic carbocycles. The molecule has 3 heterocycles. The molecule has 0 aliphatic carbocycles. The number of carbonyl (C=O) groups excluding carboxylic acids is 1. The molecule has 0 amide bonds. The number of esters is 1. The zero-order valence-electron chi connectivity index (χ0n) is 25.6. The molecular weight excluding hydrogens is 546 g/mol. The van der Waals surface area contributed by atoms with Crippen LogP contribution in [0.15, 0.2) is 110 Å². The molecule has 1 N–H and O–H groups in total. The number of pyridine rings is 2. The second-order valence-electron chi connectivity index (χ2n) is 11.6. The van der Waals surface area contributed by atoms with Gasteiger partial charge in [0.25, 0.3) is 0 Å². The van der Waals surface area contributed by atoms with E-state index in [2.05, 4.69) is 97.9 Å². The molecule has 2 aromatic heterocycles. The van der Waals surface area contributed by atoms with Crippen molar-refractivity contribution >= 4 is 5.97 Å². The van der Waals surface area contributed by atoms with Crippen LogP contribution in [0, 0.1) is 0 Å². The van der Waals surface area contributed by atoms with E-state index in [1.807, 2.05) is 24.5 Å². The van der Waals surface area contributed by atoms with E-state index in [1.165, 1.54) is 22.3 Å². The normalized spacial score (nSPS) is 14.2. The number of rotatable bonds is 16. The predicted molar refractivity (Wildman–Crippen MR) is 175 cm³/mol. The Bertz CT molecular complexity index is 1270. The van der Waals surface area contributed by atoms with Crippen molar-refractivity contribution in [2.75, 3.05) is 39.4 Å². The van der Waals surface area contributed by atoms with Gasteiger partial charge in [0.05, 0.1) is 12.6 Å². The molecule has 0 radical (unpaired) electrons. The van der Waals surface area contributed by atoms with Crippen LogP contribution in [-0.2, 0) is 22.4 Å². The lowest BCUT2D eigenvalue weighted by Crippen LogP contribution is -2.50. The minimum atomic E-state index is -0.176.